The summed E-state index contributed by atoms with van der Waals surface area (Å²) in [5.41, 5.74) is 2.53. The Morgan fingerprint density at radius 1 is 1.27 bits per heavy atom. The number of benzene rings is 1. The third kappa shape index (κ3) is 6.77. The lowest BCUT2D eigenvalue weighted by Gasteiger charge is -2.21. The van der Waals surface area contributed by atoms with Crippen molar-refractivity contribution in [3.63, 3.8) is 0 Å². The minimum atomic E-state index is -0.510. The summed E-state index contributed by atoms with van der Waals surface area (Å²) in [6, 6.07) is 6.25. The van der Waals surface area contributed by atoms with E-state index in [0.29, 0.717) is 13.2 Å². The highest BCUT2D eigenvalue weighted by atomic mass is 16.5. The van der Waals surface area contributed by atoms with Crippen LogP contribution >= 0.6 is 0 Å². The van der Waals surface area contributed by atoms with Crippen LogP contribution in [0.15, 0.2) is 18.2 Å². The van der Waals surface area contributed by atoms with Gasteiger partial charge in [-0.2, -0.15) is 0 Å². The van der Waals surface area contributed by atoms with E-state index in [4.69, 9.17) is 9.47 Å². The Morgan fingerprint density at radius 3 is 2.59 bits per heavy atom. The van der Waals surface area contributed by atoms with Gasteiger partial charge in [0.2, 0.25) is 0 Å². The molecule has 0 saturated heterocycles. The molecule has 126 valence electrons. The Labute approximate surface area is 134 Å². The summed E-state index contributed by atoms with van der Waals surface area (Å²) in [6.07, 6.45) is 0.432. The van der Waals surface area contributed by atoms with Gasteiger partial charge in [0.25, 0.3) is 0 Å². The second-order valence-electron chi connectivity index (χ2n) is 6.75. The van der Waals surface area contributed by atoms with Gasteiger partial charge >= 0.3 is 0 Å². The number of nitrogens with one attached hydrogen (secondary N) is 1. The van der Waals surface area contributed by atoms with Gasteiger partial charge in [0.05, 0.1) is 0 Å². The Kier molecular flexibility index (Phi) is 7.87. The zero-order chi connectivity index (χ0) is 16.6. The summed E-state index contributed by atoms with van der Waals surface area (Å²) < 4.78 is 10.7. The van der Waals surface area contributed by atoms with Crippen LogP contribution in [0.5, 0.6) is 5.75 Å². The Bertz CT molecular complexity index is 440. The lowest BCUT2D eigenvalue weighted by molar-refractivity contribution is 0.105. The molecule has 0 amide bonds. The maximum absolute atomic E-state index is 9.92. The summed E-state index contributed by atoms with van der Waals surface area (Å²) in [5.74, 6) is 0.839. The molecule has 1 rings (SSSR count). The third-order valence-corrected chi connectivity index (χ3v) is 3.55. The molecule has 2 N–H and O–H groups in total. The second-order valence-corrected chi connectivity index (χ2v) is 6.75. The summed E-state index contributed by atoms with van der Waals surface area (Å²) in [6.45, 7) is 11.0. The minimum Gasteiger partial charge on any atom is -0.491 e. The zero-order valence-corrected chi connectivity index (χ0v) is 14.6. The van der Waals surface area contributed by atoms with Crippen LogP contribution in [0, 0.1) is 6.92 Å². The average molecular weight is 309 g/mol. The molecule has 22 heavy (non-hydrogen) atoms. The van der Waals surface area contributed by atoms with Crippen molar-refractivity contribution in [2.75, 3.05) is 33.4 Å². The van der Waals surface area contributed by atoms with Crippen LogP contribution in [0.3, 0.4) is 0 Å². The smallest absolute Gasteiger partial charge is 0.122 e. The normalized spacial score (nSPS) is 13.2. The van der Waals surface area contributed by atoms with E-state index in [9.17, 15) is 5.11 Å². The van der Waals surface area contributed by atoms with E-state index < -0.39 is 6.10 Å². The number of aryl methyl sites for hydroxylation is 1. The number of hydrogen-bond donors (Lipinski definition) is 2. The Hall–Kier alpha value is -1.10. The van der Waals surface area contributed by atoms with E-state index in [1.165, 1.54) is 5.56 Å². The highest BCUT2D eigenvalue weighted by Gasteiger charge is 2.15. The maximum Gasteiger partial charge on any atom is 0.122 e. The largest absolute Gasteiger partial charge is 0.491 e. The van der Waals surface area contributed by atoms with E-state index in [0.717, 1.165) is 30.9 Å². The van der Waals surface area contributed by atoms with Crippen molar-refractivity contribution in [1.82, 2.24) is 5.32 Å². The van der Waals surface area contributed by atoms with Gasteiger partial charge in [0.1, 0.15) is 18.5 Å². The highest BCUT2D eigenvalue weighted by Crippen LogP contribution is 2.27. The quantitative estimate of drug-likeness (QED) is 0.689. The van der Waals surface area contributed by atoms with Gasteiger partial charge in [-0.05, 0) is 42.5 Å². The molecule has 4 heteroatoms. The average Bonchev–Trinajstić information content (AvgIpc) is 2.44. The molecule has 4 nitrogen and oxygen atoms in total. The molecule has 1 atom stereocenters. The van der Waals surface area contributed by atoms with Gasteiger partial charge in [-0.15, -0.1) is 0 Å². The van der Waals surface area contributed by atoms with Gasteiger partial charge in [0, 0.05) is 20.3 Å². The Morgan fingerprint density at radius 2 is 2.00 bits per heavy atom. The van der Waals surface area contributed by atoms with Crippen LogP contribution in [0.4, 0.5) is 0 Å². The fourth-order valence-electron chi connectivity index (χ4n) is 2.13. The van der Waals surface area contributed by atoms with E-state index in [2.05, 4.69) is 38.2 Å². The molecular formula is C18H31NO3. The standard InChI is InChI=1S/C18H31NO3/c1-14-11-15(18(2,3)4)7-8-17(14)22-13-16(20)12-19-9-6-10-21-5/h7-8,11,16,19-20H,6,9-10,12-13H2,1-5H3/t16-/m1/s1. The van der Waals surface area contributed by atoms with Crippen molar-refractivity contribution in [2.45, 2.75) is 45.6 Å². The molecule has 0 saturated carbocycles. The predicted octanol–water partition coefficient (Wildman–Crippen LogP) is 2.66. The SMILES string of the molecule is COCCCNC[C@@H](O)COc1ccc(C(C)(C)C)cc1C. The molecule has 1 aromatic rings. The van der Waals surface area contributed by atoms with Crippen molar-refractivity contribution in [1.29, 1.82) is 0 Å². The van der Waals surface area contributed by atoms with Crippen molar-refractivity contribution in [3.05, 3.63) is 29.3 Å². The lowest BCUT2D eigenvalue weighted by Crippen LogP contribution is -2.32. The number of methoxy groups -OCH3 is 1. The first-order valence-electron chi connectivity index (χ1n) is 7.96. The molecule has 0 bridgehead atoms. The van der Waals surface area contributed by atoms with Crippen molar-refractivity contribution < 1.29 is 14.6 Å². The van der Waals surface area contributed by atoms with Gasteiger partial charge in [-0.1, -0.05) is 32.9 Å². The van der Waals surface area contributed by atoms with Gasteiger partial charge in [0.15, 0.2) is 0 Å². The fraction of sp³-hybridized carbons (Fsp3) is 0.667. The van der Waals surface area contributed by atoms with Crippen LogP contribution in [0.2, 0.25) is 0 Å². The zero-order valence-electron chi connectivity index (χ0n) is 14.6. The molecular weight excluding hydrogens is 278 g/mol. The molecule has 1 aromatic carbocycles. The van der Waals surface area contributed by atoms with Crippen LogP contribution in [0.1, 0.15) is 38.3 Å². The van der Waals surface area contributed by atoms with Crippen LogP contribution in [0.25, 0.3) is 0 Å². The van der Waals surface area contributed by atoms with E-state index in [-0.39, 0.29) is 5.41 Å². The van der Waals surface area contributed by atoms with Gasteiger partial charge in [-0.3, -0.25) is 0 Å². The van der Waals surface area contributed by atoms with Crippen molar-refractivity contribution in [3.8, 4) is 5.75 Å². The topological polar surface area (TPSA) is 50.7 Å². The predicted molar refractivity (Wildman–Crippen MR) is 90.7 cm³/mol. The first-order chi connectivity index (χ1) is 10.3. The summed E-state index contributed by atoms with van der Waals surface area (Å²) >= 11 is 0. The van der Waals surface area contributed by atoms with E-state index in [1.54, 1.807) is 7.11 Å². The minimum absolute atomic E-state index is 0.134. The summed E-state index contributed by atoms with van der Waals surface area (Å²) in [5, 5.41) is 13.1. The van der Waals surface area contributed by atoms with Crippen LogP contribution in [-0.2, 0) is 10.2 Å². The van der Waals surface area contributed by atoms with Gasteiger partial charge < -0.3 is 19.9 Å². The van der Waals surface area contributed by atoms with Crippen molar-refractivity contribution in [2.24, 2.45) is 0 Å². The second kappa shape index (κ2) is 9.13. The monoisotopic (exact) mass is 309 g/mol. The fourth-order valence-corrected chi connectivity index (χ4v) is 2.13. The number of rotatable bonds is 9. The molecule has 0 aromatic heterocycles. The van der Waals surface area contributed by atoms with Gasteiger partial charge in [-0.25, -0.2) is 0 Å². The molecule has 0 aliphatic rings. The summed E-state index contributed by atoms with van der Waals surface area (Å²) in [7, 11) is 1.69. The molecule has 0 fully saturated rings. The van der Waals surface area contributed by atoms with Crippen molar-refractivity contribution >= 4 is 0 Å². The summed E-state index contributed by atoms with van der Waals surface area (Å²) in [4.78, 5) is 0. The first-order valence-corrected chi connectivity index (χ1v) is 7.96. The molecule has 0 aliphatic carbocycles. The van der Waals surface area contributed by atoms with E-state index >= 15 is 0 Å². The van der Waals surface area contributed by atoms with Crippen LogP contribution < -0.4 is 10.1 Å². The first kappa shape index (κ1) is 18.9. The number of aliphatic hydroxyl groups excluding tert-OH is 1. The number of aliphatic hydroxyl groups is 1. The van der Waals surface area contributed by atoms with E-state index in [1.807, 2.05) is 13.0 Å². The number of ether oxygens (including phenoxy) is 2. The highest BCUT2D eigenvalue weighted by molar-refractivity contribution is 5.38. The van der Waals surface area contributed by atoms with Crippen LogP contribution in [-0.4, -0.2) is 44.6 Å². The third-order valence-electron chi connectivity index (χ3n) is 3.55. The maximum atomic E-state index is 9.92. The number of hydrogen-bond acceptors (Lipinski definition) is 4. The molecule has 0 radical (unpaired) electrons. The Balaban J connectivity index is 2.38. The molecule has 0 aliphatic heterocycles. The molecule has 0 spiro atoms. The molecule has 0 unspecified atom stereocenters. The molecule has 0 heterocycles. The lowest BCUT2D eigenvalue weighted by atomic mass is 9.86.